The fourth-order valence-electron chi connectivity index (χ4n) is 3.87. The number of piperidine rings is 1. The second kappa shape index (κ2) is 11.1. The van der Waals surface area contributed by atoms with Gasteiger partial charge < -0.3 is 19.1 Å². The monoisotopic (exact) mass is 509 g/mol. The van der Waals surface area contributed by atoms with E-state index in [4.69, 9.17) is 9.47 Å². The van der Waals surface area contributed by atoms with Crippen molar-refractivity contribution in [2.45, 2.75) is 88.0 Å². The topological polar surface area (TPSA) is 108 Å². The second-order valence-electron chi connectivity index (χ2n) is 8.50. The highest BCUT2D eigenvalue weighted by Crippen LogP contribution is 2.28. The van der Waals surface area contributed by atoms with Crippen molar-refractivity contribution >= 4 is 15.9 Å². The lowest BCUT2D eigenvalue weighted by Crippen LogP contribution is -2.44. The number of hydrogen-bond donors (Lipinski definition) is 0. The minimum absolute atomic E-state index is 0.0387. The zero-order chi connectivity index (χ0) is 24.9. The van der Waals surface area contributed by atoms with E-state index < -0.39 is 28.2 Å². The largest absolute Gasteiger partial charge is 0.473 e. The van der Waals surface area contributed by atoms with Gasteiger partial charge in [-0.25, -0.2) is 23.2 Å². The summed E-state index contributed by atoms with van der Waals surface area (Å²) in [6.45, 7) is 2.93. The van der Waals surface area contributed by atoms with E-state index in [2.05, 4.69) is 14.7 Å². The molecule has 0 radical (unpaired) electrons. The summed E-state index contributed by atoms with van der Waals surface area (Å²) in [6, 6.07) is 0. The number of alkyl halides is 3. The molecule has 1 atom stereocenters. The molecule has 1 aromatic heterocycles. The minimum atomic E-state index is -4.58. The van der Waals surface area contributed by atoms with Crippen molar-refractivity contribution in [1.29, 1.82) is 0 Å². The molecule has 9 nitrogen and oxygen atoms in total. The Hall–Kier alpha value is -2.15. The van der Waals surface area contributed by atoms with Gasteiger partial charge in [0.2, 0.25) is 5.88 Å². The van der Waals surface area contributed by atoms with Crippen LogP contribution in [0.4, 0.5) is 18.0 Å². The number of halogens is 3. The molecule has 1 aliphatic heterocycles. The van der Waals surface area contributed by atoms with Crippen LogP contribution >= 0.6 is 0 Å². The molecule has 2 heterocycles. The van der Waals surface area contributed by atoms with Gasteiger partial charge in [0.25, 0.3) is 0 Å². The van der Waals surface area contributed by atoms with Gasteiger partial charge in [0.15, 0.2) is 21.0 Å². The number of sulfone groups is 1. The van der Waals surface area contributed by atoms with E-state index in [1.165, 1.54) is 24.2 Å². The van der Waals surface area contributed by atoms with Gasteiger partial charge in [-0.15, -0.1) is 0 Å². The molecule has 0 aromatic carbocycles. The zero-order valence-corrected chi connectivity index (χ0v) is 20.0. The van der Waals surface area contributed by atoms with Gasteiger partial charge >= 0.3 is 12.3 Å². The first-order chi connectivity index (χ1) is 16.0. The first-order valence-electron chi connectivity index (χ1n) is 11.4. The third-order valence-electron chi connectivity index (χ3n) is 6.04. The Labute approximate surface area is 196 Å². The molecule has 2 aliphatic rings. The van der Waals surface area contributed by atoms with Crippen molar-refractivity contribution in [3.05, 3.63) is 12.4 Å². The lowest BCUT2D eigenvalue weighted by Gasteiger charge is -2.36. The van der Waals surface area contributed by atoms with Crippen molar-refractivity contribution in [3.63, 3.8) is 0 Å². The predicted molar refractivity (Wildman–Crippen MR) is 114 cm³/mol. The van der Waals surface area contributed by atoms with Crippen LogP contribution in [0.15, 0.2) is 17.4 Å². The normalized spacial score (nSPS) is 23.4. The highest BCUT2D eigenvalue weighted by molar-refractivity contribution is 7.91. The summed E-state index contributed by atoms with van der Waals surface area (Å²) >= 11 is 0. The summed E-state index contributed by atoms with van der Waals surface area (Å²) in [5.41, 5.74) is 0. The first-order valence-corrected chi connectivity index (χ1v) is 13.0. The Bertz CT molecular complexity index is 913. The number of carbonyl (C=O) groups excluding carboxylic acids is 1. The quantitative estimate of drug-likeness (QED) is 0.549. The number of aromatic nitrogens is 2. The Morgan fingerprint density at radius 2 is 1.65 bits per heavy atom. The van der Waals surface area contributed by atoms with Crippen molar-refractivity contribution < 1.29 is 40.6 Å². The van der Waals surface area contributed by atoms with Gasteiger partial charge in [-0.3, -0.25) is 0 Å². The molecule has 0 bridgehead atoms. The maximum atomic E-state index is 12.6. The van der Waals surface area contributed by atoms with Crippen LogP contribution in [-0.4, -0.2) is 78.8 Å². The van der Waals surface area contributed by atoms with Gasteiger partial charge in [-0.2, -0.15) is 13.2 Å². The van der Waals surface area contributed by atoms with E-state index in [1.807, 2.05) is 0 Å². The van der Waals surface area contributed by atoms with E-state index in [1.54, 1.807) is 0 Å². The average Bonchev–Trinajstić information content (AvgIpc) is 2.80. The van der Waals surface area contributed by atoms with E-state index in [9.17, 15) is 26.4 Å². The van der Waals surface area contributed by atoms with Gasteiger partial charge in [0.05, 0.1) is 30.4 Å². The summed E-state index contributed by atoms with van der Waals surface area (Å²) < 4.78 is 77.8. The number of amides is 1. The minimum Gasteiger partial charge on any atom is -0.473 e. The highest BCUT2D eigenvalue weighted by atomic mass is 32.2. The van der Waals surface area contributed by atoms with Crippen molar-refractivity contribution in [2.24, 2.45) is 0 Å². The highest BCUT2D eigenvalue weighted by Gasteiger charge is 2.40. The molecule has 1 unspecified atom stereocenters. The summed E-state index contributed by atoms with van der Waals surface area (Å²) in [5, 5.41) is -0.0753. The molecular formula is C21H30F3N3O6S. The van der Waals surface area contributed by atoms with Crippen LogP contribution in [0, 0.1) is 0 Å². The van der Waals surface area contributed by atoms with Crippen molar-refractivity contribution in [2.75, 3.05) is 18.8 Å². The molecule has 0 spiro atoms. The van der Waals surface area contributed by atoms with Gasteiger partial charge in [-0.1, -0.05) is 6.92 Å². The molecule has 3 rings (SSSR count). The van der Waals surface area contributed by atoms with Crippen LogP contribution in [0.2, 0.25) is 0 Å². The molecule has 1 aromatic rings. The Morgan fingerprint density at radius 3 is 2.18 bits per heavy atom. The third-order valence-corrected chi connectivity index (χ3v) is 7.64. The Morgan fingerprint density at radius 1 is 1.06 bits per heavy atom. The number of hydrogen-bond acceptors (Lipinski definition) is 8. The van der Waals surface area contributed by atoms with Crippen LogP contribution in [0.5, 0.6) is 5.88 Å². The van der Waals surface area contributed by atoms with Crippen LogP contribution < -0.4 is 4.74 Å². The standard InChI is InChI=1S/C21H30F3N3O6S/c1-3-34(29,30)19-13-25-18(12-26-19)33-16-6-4-15(5-7-16)32-17-8-10-27(11-9-17)20(28)31-14(2)21(22,23)24/h12-17H,3-11H2,1-2H3. The second-order valence-corrected chi connectivity index (χ2v) is 10.7. The smallest absolute Gasteiger partial charge is 0.425 e. The van der Waals surface area contributed by atoms with Crippen LogP contribution in [0.1, 0.15) is 52.4 Å². The first kappa shape index (κ1) is 26.5. The van der Waals surface area contributed by atoms with Crippen molar-refractivity contribution in [3.8, 4) is 5.88 Å². The lowest BCUT2D eigenvalue weighted by molar-refractivity contribution is -0.200. The summed E-state index contributed by atoms with van der Waals surface area (Å²) in [4.78, 5) is 21.2. The maximum absolute atomic E-state index is 12.6. The molecule has 1 saturated heterocycles. The summed E-state index contributed by atoms with van der Waals surface area (Å²) in [6.07, 6.45) is -1.16. The molecule has 1 saturated carbocycles. The number of ether oxygens (including phenoxy) is 3. The summed E-state index contributed by atoms with van der Waals surface area (Å²) in [7, 11) is -3.41. The Kier molecular flexibility index (Phi) is 8.61. The SMILES string of the molecule is CCS(=O)(=O)c1cnc(OC2CCC(OC3CCN(C(=O)OC(C)C(F)(F)F)CC3)CC2)cn1. The van der Waals surface area contributed by atoms with E-state index in [0.717, 1.165) is 32.6 Å². The zero-order valence-electron chi connectivity index (χ0n) is 19.2. The van der Waals surface area contributed by atoms with Gasteiger partial charge in [0.1, 0.15) is 6.10 Å². The third kappa shape index (κ3) is 7.17. The van der Waals surface area contributed by atoms with E-state index >= 15 is 0 Å². The van der Waals surface area contributed by atoms with Gasteiger partial charge in [0, 0.05) is 13.1 Å². The van der Waals surface area contributed by atoms with Crippen molar-refractivity contribution in [1.82, 2.24) is 14.9 Å². The molecule has 34 heavy (non-hydrogen) atoms. The molecule has 1 aliphatic carbocycles. The number of likely N-dealkylation sites (tertiary alicyclic amines) is 1. The Balaban J connectivity index is 1.37. The maximum Gasteiger partial charge on any atom is 0.425 e. The lowest BCUT2D eigenvalue weighted by atomic mass is 9.94. The fourth-order valence-corrected chi connectivity index (χ4v) is 4.59. The number of rotatable bonds is 7. The van der Waals surface area contributed by atoms with Crippen LogP contribution in [-0.2, 0) is 19.3 Å². The molecular weight excluding hydrogens is 479 g/mol. The van der Waals surface area contributed by atoms with Crippen LogP contribution in [0.3, 0.4) is 0 Å². The number of carbonyl (C=O) groups is 1. The van der Waals surface area contributed by atoms with E-state index in [-0.39, 0.29) is 48.1 Å². The molecule has 192 valence electrons. The summed E-state index contributed by atoms with van der Waals surface area (Å²) in [5.74, 6) is 0.227. The number of nitrogens with zero attached hydrogens (tertiary/aromatic N) is 3. The molecule has 13 heteroatoms. The molecule has 1 amide bonds. The van der Waals surface area contributed by atoms with Crippen LogP contribution in [0.25, 0.3) is 0 Å². The molecule has 2 fully saturated rings. The fraction of sp³-hybridized carbons (Fsp3) is 0.762. The molecule has 0 N–H and O–H groups in total. The van der Waals surface area contributed by atoms with E-state index in [0.29, 0.717) is 12.8 Å². The predicted octanol–water partition coefficient (Wildman–Crippen LogP) is 3.53. The average molecular weight is 510 g/mol. The van der Waals surface area contributed by atoms with Gasteiger partial charge in [-0.05, 0) is 45.4 Å².